The molecule has 2 N–H and O–H groups in total. The molecule has 0 aromatic rings. The number of nitrogens with one attached hydrogen (secondary N) is 1. The predicted molar refractivity (Wildman–Crippen MR) is 270 cm³/mol. The van der Waals surface area contributed by atoms with E-state index < -0.39 is 20.0 Å². The Labute approximate surface area is 390 Å². The Kier molecular flexibility index (Phi) is 44.5. The lowest BCUT2D eigenvalue weighted by Crippen LogP contribution is -2.45. The second-order valence-electron chi connectivity index (χ2n) is 19.2. The molecule has 0 radical (unpaired) electrons. The van der Waals surface area contributed by atoms with Gasteiger partial charge in [-0.2, -0.15) is 0 Å². The Morgan fingerprint density at radius 3 is 1.37 bits per heavy atom. The Balaban J connectivity index is 3.69. The van der Waals surface area contributed by atoms with Crippen molar-refractivity contribution in [1.29, 1.82) is 0 Å². The number of carbonyl (C=O) groups is 1. The molecule has 0 aliphatic carbocycles. The summed E-state index contributed by atoms with van der Waals surface area (Å²) in [5.41, 5.74) is 0. The lowest BCUT2D eigenvalue weighted by molar-refractivity contribution is -0.870. The minimum Gasteiger partial charge on any atom is -0.756 e. The van der Waals surface area contributed by atoms with E-state index in [-0.39, 0.29) is 19.1 Å². The number of hydrogen-bond donors (Lipinski definition) is 2. The molecular formula is C54H103N2O6P. The standard InChI is InChI=1S/C54H103N2O6P/c1-6-8-10-12-13-14-15-16-17-18-19-20-21-22-23-24-25-26-27-28-29-30-31-32-33-34-35-36-37-38-39-40-41-42-43-44-46-48-54(58)55-52(53(57)47-45-11-9-7-2)51-62-63(59,60)61-50-49-56(3,4)5/h15-16,18-19,21-22,45,47,52-53,57H,6-14,17,20,23-44,46,48-51H2,1-5H3,(H-,55,58,59,60)/b16-15-,19-18-,22-21-,47-45+. The highest BCUT2D eigenvalue weighted by molar-refractivity contribution is 7.45. The van der Waals surface area contributed by atoms with Gasteiger partial charge in [0.1, 0.15) is 13.2 Å². The molecule has 63 heavy (non-hydrogen) atoms. The number of nitrogens with zero attached hydrogens (tertiary/aromatic N) is 1. The fourth-order valence-electron chi connectivity index (χ4n) is 7.56. The Morgan fingerprint density at radius 1 is 0.556 bits per heavy atom. The monoisotopic (exact) mass is 907 g/mol. The Hall–Kier alpha value is -1.54. The molecule has 0 spiro atoms. The van der Waals surface area contributed by atoms with Crippen LogP contribution in [0.15, 0.2) is 48.6 Å². The quantitative estimate of drug-likeness (QED) is 0.0272. The molecule has 0 aliphatic heterocycles. The largest absolute Gasteiger partial charge is 0.756 e. The molecule has 1 amide bonds. The van der Waals surface area contributed by atoms with Crippen molar-refractivity contribution in [1.82, 2.24) is 5.32 Å². The summed E-state index contributed by atoms with van der Waals surface area (Å²) in [6.07, 6.45) is 59.9. The molecule has 9 heteroatoms. The minimum absolute atomic E-state index is 0.00174. The van der Waals surface area contributed by atoms with E-state index in [4.69, 9.17) is 9.05 Å². The maximum atomic E-state index is 12.7. The van der Waals surface area contributed by atoms with Crippen LogP contribution in [0.1, 0.15) is 239 Å². The zero-order valence-corrected chi connectivity index (χ0v) is 42.9. The summed E-state index contributed by atoms with van der Waals surface area (Å²) >= 11 is 0. The first-order valence-corrected chi connectivity index (χ1v) is 28.0. The maximum Gasteiger partial charge on any atom is 0.268 e. The van der Waals surface area contributed by atoms with Gasteiger partial charge in [-0.05, 0) is 51.4 Å². The van der Waals surface area contributed by atoms with Crippen LogP contribution in [-0.4, -0.2) is 68.5 Å². The molecule has 0 saturated heterocycles. The van der Waals surface area contributed by atoms with Crippen LogP contribution in [0.4, 0.5) is 0 Å². The van der Waals surface area contributed by atoms with Gasteiger partial charge in [0.05, 0.1) is 39.9 Å². The van der Waals surface area contributed by atoms with Gasteiger partial charge in [-0.1, -0.05) is 229 Å². The van der Waals surface area contributed by atoms with Crippen LogP contribution in [0.3, 0.4) is 0 Å². The van der Waals surface area contributed by atoms with E-state index in [1.54, 1.807) is 6.08 Å². The molecular weight excluding hydrogens is 804 g/mol. The molecule has 3 unspecified atom stereocenters. The fourth-order valence-corrected chi connectivity index (χ4v) is 8.28. The molecule has 0 bridgehead atoms. The van der Waals surface area contributed by atoms with Gasteiger partial charge in [0.15, 0.2) is 0 Å². The number of carbonyl (C=O) groups excluding carboxylic acids is 1. The molecule has 0 fully saturated rings. The normalized spacial score (nSPS) is 14.5. The number of phosphoric acid groups is 1. The van der Waals surface area contributed by atoms with E-state index in [2.05, 4.69) is 55.6 Å². The van der Waals surface area contributed by atoms with Crippen molar-refractivity contribution in [2.24, 2.45) is 0 Å². The molecule has 0 aromatic heterocycles. The SMILES string of the molecule is CCCC/C=C/C(O)C(COP(=O)([O-])OCC[N+](C)(C)C)NC(=O)CCCCCCCCCCCCCCCCCCCCCCCC/C=C\C/C=C\C/C=C\CCCCCCC. The summed E-state index contributed by atoms with van der Waals surface area (Å²) in [6.45, 7) is 4.48. The summed E-state index contributed by atoms with van der Waals surface area (Å²) < 4.78 is 23.0. The summed E-state index contributed by atoms with van der Waals surface area (Å²) in [5, 5.41) is 13.5. The van der Waals surface area contributed by atoms with Crippen molar-refractivity contribution >= 4 is 13.7 Å². The van der Waals surface area contributed by atoms with Crippen molar-refractivity contribution in [3.8, 4) is 0 Å². The van der Waals surface area contributed by atoms with Gasteiger partial charge in [-0.15, -0.1) is 0 Å². The molecule has 0 heterocycles. The number of rotatable bonds is 48. The Bertz CT molecular complexity index is 1170. The van der Waals surface area contributed by atoms with Gasteiger partial charge in [-0.3, -0.25) is 9.36 Å². The first kappa shape index (κ1) is 61.5. The van der Waals surface area contributed by atoms with Gasteiger partial charge in [0.2, 0.25) is 5.91 Å². The Morgan fingerprint density at radius 2 is 0.937 bits per heavy atom. The highest BCUT2D eigenvalue weighted by Gasteiger charge is 2.23. The lowest BCUT2D eigenvalue weighted by atomic mass is 10.0. The fraction of sp³-hybridized carbons (Fsp3) is 0.833. The molecule has 8 nitrogen and oxygen atoms in total. The summed E-state index contributed by atoms with van der Waals surface area (Å²) in [7, 11) is 1.26. The first-order valence-electron chi connectivity index (χ1n) is 26.5. The number of aliphatic hydroxyl groups is 1. The molecule has 3 atom stereocenters. The number of amides is 1. The van der Waals surface area contributed by atoms with Gasteiger partial charge in [-0.25, -0.2) is 0 Å². The summed E-state index contributed by atoms with van der Waals surface area (Å²) in [6, 6.07) is -0.880. The molecule has 0 rings (SSSR count). The highest BCUT2D eigenvalue weighted by atomic mass is 31.2. The van der Waals surface area contributed by atoms with Crippen molar-refractivity contribution in [3.05, 3.63) is 48.6 Å². The van der Waals surface area contributed by atoms with Gasteiger partial charge in [0, 0.05) is 6.42 Å². The number of unbranched alkanes of at least 4 members (excludes halogenated alkanes) is 29. The van der Waals surface area contributed by atoms with E-state index >= 15 is 0 Å². The zero-order valence-electron chi connectivity index (χ0n) is 42.0. The minimum atomic E-state index is -4.57. The number of quaternary nitrogens is 1. The van der Waals surface area contributed by atoms with Crippen LogP contribution in [0.2, 0.25) is 0 Å². The highest BCUT2D eigenvalue weighted by Crippen LogP contribution is 2.38. The van der Waals surface area contributed by atoms with Crippen LogP contribution in [0, 0.1) is 0 Å². The van der Waals surface area contributed by atoms with E-state index in [0.29, 0.717) is 17.4 Å². The smallest absolute Gasteiger partial charge is 0.268 e. The summed E-state index contributed by atoms with van der Waals surface area (Å²) in [4.78, 5) is 25.1. The van der Waals surface area contributed by atoms with E-state index in [0.717, 1.165) is 51.4 Å². The average Bonchev–Trinajstić information content (AvgIpc) is 3.24. The third-order valence-corrected chi connectivity index (χ3v) is 12.7. The number of phosphoric ester groups is 1. The van der Waals surface area contributed by atoms with Crippen LogP contribution in [0.5, 0.6) is 0 Å². The van der Waals surface area contributed by atoms with Crippen LogP contribution in [0.25, 0.3) is 0 Å². The molecule has 0 aliphatic rings. The second-order valence-corrected chi connectivity index (χ2v) is 20.6. The van der Waals surface area contributed by atoms with Gasteiger partial charge < -0.3 is 28.8 Å². The average molecular weight is 907 g/mol. The maximum absolute atomic E-state index is 12.7. The molecule has 0 aromatic carbocycles. The molecule has 0 saturated carbocycles. The van der Waals surface area contributed by atoms with Gasteiger partial charge >= 0.3 is 0 Å². The van der Waals surface area contributed by atoms with E-state index in [1.807, 2.05) is 27.2 Å². The topological polar surface area (TPSA) is 108 Å². The lowest BCUT2D eigenvalue weighted by Gasteiger charge is -2.29. The van der Waals surface area contributed by atoms with Crippen LogP contribution < -0.4 is 10.2 Å². The van der Waals surface area contributed by atoms with Gasteiger partial charge in [0.25, 0.3) is 7.82 Å². The predicted octanol–water partition coefficient (Wildman–Crippen LogP) is 15.0. The van der Waals surface area contributed by atoms with Crippen LogP contribution >= 0.6 is 7.82 Å². The zero-order chi connectivity index (χ0) is 46.4. The number of allylic oxidation sites excluding steroid dienone is 7. The first-order chi connectivity index (χ1) is 30.5. The number of aliphatic hydroxyl groups excluding tert-OH is 1. The number of likely N-dealkylation sites (N-methyl/N-ethyl adjacent to an activating group) is 1. The summed E-state index contributed by atoms with van der Waals surface area (Å²) in [5.74, 6) is -0.205. The second kappa shape index (κ2) is 45.6. The third-order valence-electron chi connectivity index (χ3n) is 11.8. The van der Waals surface area contributed by atoms with Crippen LogP contribution in [-0.2, 0) is 18.4 Å². The molecule has 370 valence electrons. The number of hydrogen-bond acceptors (Lipinski definition) is 6. The van der Waals surface area contributed by atoms with E-state index in [9.17, 15) is 19.4 Å². The van der Waals surface area contributed by atoms with Crippen molar-refractivity contribution < 1.29 is 32.9 Å². The van der Waals surface area contributed by atoms with Crippen molar-refractivity contribution in [2.75, 3.05) is 40.9 Å². The van der Waals surface area contributed by atoms with Crippen molar-refractivity contribution in [3.63, 3.8) is 0 Å². The third kappa shape index (κ3) is 48.2. The van der Waals surface area contributed by atoms with Crippen molar-refractivity contribution in [2.45, 2.75) is 251 Å². The van der Waals surface area contributed by atoms with E-state index in [1.165, 1.54) is 167 Å².